The Balaban J connectivity index is 1.57. The molecule has 3 rings (SSSR count). The van der Waals surface area contributed by atoms with Crippen LogP contribution in [0.4, 0.5) is 5.69 Å². The van der Waals surface area contributed by atoms with Crippen LogP contribution in [0, 0.1) is 0 Å². The van der Waals surface area contributed by atoms with Crippen molar-refractivity contribution in [1.29, 1.82) is 0 Å². The predicted molar refractivity (Wildman–Crippen MR) is 97.1 cm³/mol. The van der Waals surface area contributed by atoms with Crippen LogP contribution >= 0.6 is 15.9 Å². The first-order chi connectivity index (χ1) is 11.5. The van der Waals surface area contributed by atoms with Crippen molar-refractivity contribution >= 4 is 44.2 Å². The Labute approximate surface area is 150 Å². The molecule has 0 saturated heterocycles. The van der Waals surface area contributed by atoms with E-state index in [1.165, 1.54) is 0 Å². The number of hydrogen-bond donors (Lipinski definition) is 2. The summed E-state index contributed by atoms with van der Waals surface area (Å²) >= 11 is 3.35. The summed E-state index contributed by atoms with van der Waals surface area (Å²) in [6, 6.07) is 12.7. The van der Waals surface area contributed by atoms with E-state index in [2.05, 4.69) is 26.6 Å². The summed E-state index contributed by atoms with van der Waals surface area (Å²) < 4.78 is 13.1. The van der Waals surface area contributed by atoms with Crippen molar-refractivity contribution in [3.63, 3.8) is 0 Å². The van der Waals surface area contributed by atoms with Gasteiger partial charge in [-0.05, 0) is 35.4 Å². The molecule has 0 unspecified atom stereocenters. The van der Waals surface area contributed by atoms with Crippen LogP contribution in [0.2, 0.25) is 0 Å². The van der Waals surface area contributed by atoms with E-state index in [9.17, 15) is 13.8 Å². The molecule has 5 nitrogen and oxygen atoms in total. The number of anilines is 1. The quantitative estimate of drug-likeness (QED) is 0.800. The minimum absolute atomic E-state index is 0.0840. The van der Waals surface area contributed by atoms with Crippen molar-refractivity contribution in [2.75, 3.05) is 11.1 Å². The van der Waals surface area contributed by atoms with Crippen LogP contribution in [0.1, 0.15) is 21.5 Å². The Kier molecular flexibility index (Phi) is 5.11. The van der Waals surface area contributed by atoms with E-state index >= 15 is 0 Å². The van der Waals surface area contributed by atoms with E-state index in [0.717, 1.165) is 15.6 Å². The lowest BCUT2D eigenvalue weighted by Gasteiger charge is -2.07. The van der Waals surface area contributed by atoms with Crippen molar-refractivity contribution in [1.82, 2.24) is 5.32 Å². The number of halogens is 1. The number of fused-ring (bicyclic) bond motifs is 1. The van der Waals surface area contributed by atoms with E-state index in [1.807, 2.05) is 30.3 Å². The van der Waals surface area contributed by atoms with E-state index < -0.39 is 10.8 Å². The van der Waals surface area contributed by atoms with Gasteiger partial charge in [0.25, 0.3) is 5.91 Å². The number of benzene rings is 2. The number of nitrogens with one attached hydrogen (secondary N) is 2. The summed E-state index contributed by atoms with van der Waals surface area (Å²) in [4.78, 5) is 23.7. The maximum absolute atomic E-state index is 12.1. The molecule has 0 fully saturated rings. The highest BCUT2D eigenvalue weighted by Gasteiger charge is 2.19. The average molecular weight is 407 g/mol. The minimum Gasteiger partial charge on any atom is -0.348 e. The number of hydrogen-bond acceptors (Lipinski definition) is 3. The summed E-state index contributed by atoms with van der Waals surface area (Å²) in [6.45, 7) is 0.513. The Morgan fingerprint density at radius 1 is 1.21 bits per heavy atom. The van der Waals surface area contributed by atoms with Crippen molar-refractivity contribution in [3.8, 4) is 0 Å². The van der Waals surface area contributed by atoms with Crippen molar-refractivity contribution < 1.29 is 13.8 Å². The van der Waals surface area contributed by atoms with Crippen LogP contribution in [0.3, 0.4) is 0 Å². The topological polar surface area (TPSA) is 75.3 Å². The highest BCUT2D eigenvalue weighted by molar-refractivity contribution is 9.10. The Morgan fingerprint density at radius 3 is 2.71 bits per heavy atom. The molecule has 0 aromatic heterocycles. The fourth-order valence-electron chi connectivity index (χ4n) is 2.45. The molecule has 24 heavy (non-hydrogen) atoms. The van der Waals surface area contributed by atoms with Gasteiger partial charge in [0.1, 0.15) is 5.75 Å². The third-order valence-corrected chi connectivity index (χ3v) is 5.38. The molecule has 0 bridgehead atoms. The van der Waals surface area contributed by atoms with Gasteiger partial charge in [0, 0.05) is 38.8 Å². The number of carbonyl (C=O) groups is 2. The molecule has 1 aliphatic rings. The zero-order valence-corrected chi connectivity index (χ0v) is 15.1. The maximum Gasteiger partial charge on any atom is 0.251 e. The molecular weight excluding hydrogens is 392 g/mol. The molecule has 0 spiro atoms. The molecular formula is C17H15BrN2O3S. The molecule has 124 valence electrons. The normalized spacial score (nSPS) is 14.0. The SMILES string of the molecule is O=C(C[S@](=O)Cc1ccc(Br)cc1)Nc1ccc2c(c1)C(=O)NC2. The standard InChI is InChI=1S/C17H15BrN2O3S/c18-13-4-1-11(2-5-13)9-24(23)10-16(21)20-14-6-3-12-8-19-17(22)15(12)7-14/h1-7H,8-10H2,(H,19,22)(H,20,21)/t24-/m1/s1. The predicted octanol–water partition coefficient (Wildman–Crippen LogP) is 2.58. The van der Waals surface area contributed by atoms with Gasteiger partial charge < -0.3 is 10.6 Å². The highest BCUT2D eigenvalue weighted by atomic mass is 79.9. The molecule has 2 N–H and O–H groups in total. The van der Waals surface area contributed by atoms with Crippen LogP contribution in [-0.2, 0) is 27.9 Å². The first kappa shape index (κ1) is 16.9. The number of carbonyl (C=O) groups excluding carboxylic acids is 2. The number of rotatable bonds is 5. The summed E-state index contributed by atoms with van der Waals surface area (Å²) in [5.41, 5.74) is 2.94. The lowest BCUT2D eigenvalue weighted by atomic mass is 10.1. The summed E-state index contributed by atoms with van der Waals surface area (Å²) in [5.74, 6) is -0.226. The lowest BCUT2D eigenvalue weighted by molar-refractivity contribution is -0.113. The van der Waals surface area contributed by atoms with E-state index in [1.54, 1.807) is 12.1 Å². The van der Waals surface area contributed by atoms with Gasteiger partial charge in [-0.1, -0.05) is 34.1 Å². The molecule has 7 heteroatoms. The Hall–Kier alpha value is -1.99. The second-order valence-electron chi connectivity index (χ2n) is 5.46. The summed E-state index contributed by atoms with van der Waals surface area (Å²) in [5, 5.41) is 5.42. The smallest absolute Gasteiger partial charge is 0.251 e. The minimum atomic E-state index is -1.29. The van der Waals surface area contributed by atoms with Crippen molar-refractivity contribution in [2.45, 2.75) is 12.3 Å². The van der Waals surface area contributed by atoms with Crippen molar-refractivity contribution in [3.05, 3.63) is 63.6 Å². The molecule has 0 radical (unpaired) electrons. The van der Waals surface area contributed by atoms with Gasteiger partial charge in [-0.2, -0.15) is 0 Å². The van der Waals surface area contributed by atoms with E-state index in [-0.39, 0.29) is 17.6 Å². The largest absolute Gasteiger partial charge is 0.348 e. The van der Waals surface area contributed by atoms with E-state index in [4.69, 9.17) is 0 Å². The molecule has 1 heterocycles. The van der Waals surface area contributed by atoms with Crippen LogP contribution in [-0.4, -0.2) is 21.8 Å². The van der Waals surface area contributed by atoms with E-state index in [0.29, 0.717) is 23.5 Å². The van der Waals surface area contributed by atoms with Crippen LogP contribution in [0.25, 0.3) is 0 Å². The van der Waals surface area contributed by atoms with Gasteiger partial charge in [-0.15, -0.1) is 0 Å². The zero-order chi connectivity index (χ0) is 17.1. The number of amides is 2. The first-order valence-electron chi connectivity index (χ1n) is 7.31. The fourth-order valence-corrected chi connectivity index (χ4v) is 3.75. The van der Waals surface area contributed by atoms with Gasteiger partial charge in [-0.25, -0.2) is 0 Å². The van der Waals surface area contributed by atoms with Crippen LogP contribution in [0.5, 0.6) is 0 Å². The summed E-state index contributed by atoms with van der Waals surface area (Å²) in [6.07, 6.45) is 0. The molecule has 0 saturated carbocycles. The molecule has 1 aliphatic heterocycles. The van der Waals surface area contributed by atoms with Gasteiger partial charge in [0.15, 0.2) is 0 Å². The molecule has 2 aromatic carbocycles. The first-order valence-corrected chi connectivity index (χ1v) is 9.60. The second-order valence-corrected chi connectivity index (χ2v) is 7.83. The third-order valence-electron chi connectivity index (χ3n) is 3.61. The lowest BCUT2D eigenvalue weighted by Crippen LogP contribution is -2.20. The fraction of sp³-hybridized carbons (Fsp3) is 0.176. The van der Waals surface area contributed by atoms with Gasteiger partial charge >= 0.3 is 0 Å². The monoisotopic (exact) mass is 406 g/mol. The van der Waals surface area contributed by atoms with Gasteiger partial charge in [-0.3, -0.25) is 13.8 Å². The molecule has 2 aromatic rings. The molecule has 0 aliphatic carbocycles. The Bertz CT molecular complexity index is 821. The second kappa shape index (κ2) is 7.27. The van der Waals surface area contributed by atoms with Crippen molar-refractivity contribution in [2.24, 2.45) is 0 Å². The average Bonchev–Trinajstić information content (AvgIpc) is 2.90. The van der Waals surface area contributed by atoms with Crippen LogP contribution in [0.15, 0.2) is 46.9 Å². The zero-order valence-electron chi connectivity index (χ0n) is 12.7. The van der Waals surface area contributed by atoms with Gasteiger partial charge in [0.05, 0.1) is 0 Å². The van der Waals surface area contributed by atoms with Crippen LogP contribution < -0.4 is 10.6 Å². The maximum atomic E-state index is 12.1. The Morgan fingerprint density at radius 2 is 1.96 bits per heavy atom. The summed E-state index contributed by atoms with van der Waals surface area (Å²) in [7, 11) is -1.29. The molecule has 2 amide bonds. The highest BCUT2D eigenvalue weighted by Crippen LogP contribution is 2.20. The molecule has 1 atom stereocenters. The van der Waals surface area contributed by atoms with Gasteiger partial charge in [0.2, 0.25) is 5.91 Å². The third kappa shape index (κ3) is 4.10.